The van der Waals surface area contributed by atoms with Gasteiger partial charge in [0.25, 0.3) is 0 Å². The molecule has 1 aliphatic heterocycles. The van der Waals surface area contributed by atoms with Crippen LogP contribution in [0.2, 0.25) is 0 Å². The van der Waals surface area contributed by atoms with E-state index in [1.165, 1.54) is 44.2 Å². The maximum Gasteiger partial charge on any atom is 0.0279 e. The Morgan fingerprint density at radius 3 is 2.50 bits per heavy atom. The third-order valence-corrected chi connectivity index (χ3v) is 4.72. The lowest BCUT2D eigenvalue weighted by molar-refractivity contribution is 0.173. The topological polar surface area (TPSA) is 29.3 Å². The third kappa shape index (κ3) is 2.45. The van der Waals surface area contributed by atoms with Gasteiger partial charge in [-0.1, -0.05) is 43.2 Å². The van der Waals surface area contributed by atoms with E-state index in [2.05, 4.69) is 35.2 Å². The molecule has 2 atom stereocenters. The summed E-state index contributed by atoms with van der Waals surface area (Å²) in [5.74, 6) is 0.853. The largest absolute Gasteiger partial charge is 0.326 e. The van der Waals surface area contributed by atoms with Gasteiger partial charge in [-0.3, -0.25) is 4.90 Å². The van der Waals surface area contributed by atoms with E-state index in [4.69, 9.17) is 5.73 Å². The molecule has 0 amide bonds. The normalized spacial score (nSPS) is 30.1. The molecule has 2 heteroatoms. The predicted octanol–water partition coefficient (Wildman–Crippen LogP) is 2.78. The summed E-state index contributed by atoms with van der Waals surface area (Å²) in [6, 6.07) is 11.9. The van der Waals surface area contributed by atoms with E-state index < -0.39 is 0 Å². The Morgan fingerprint density at radius 2 is 1.78 bits per heavy atom. The Balaban J connectivity index is 1.70. The van der Waals surface area contributed by atoms with E-state index in [1.54, 1.807) is 0 Å². The van der Waals surface area contributed by atoms with Gasteiger partial charge in [-0.05, 0) is 30.7 Å². The summed E-state index contributed by atoms with van der Waals surface area (Å²) < 4.78 is 0. The Bertz CT molecular complexity index is 370. The second kappa shape index (κ2) is 5.41. The second-order valence-electron chi connectivity index (χ2n) is 5.94. The molecule has 0 aromatic heterocycles. The average Bonchev–Trinajstić information content (AvgIpc) is 3.01. The Morgan fingerprint density at radius 1 is 1.06 bits per heavy atom. The zero-order valence-electron chi connectivity index (χ0n) is 11.1. The first-order valence-electron chi connectivity index (χ1n) is 7.38. The van der Waals surface area contributed by atoms with Crippen LogP contribution in [0.25, 0.3) is 0 Å². The van der Waals surface area contributed by atoms with Crippen LogP contribution in [-0.4, -0.2) is 23.5 Å². The van der Waals surface area contributed by atoms with Crippen LogP contribution in [0.1, 0.15) is 37.7 Å². The highest BCUT2D eigenvalue weighted by atomic mass is 15.2. The van der Waals surface area contributed by atoms with Gasteiger partial charge in [-0.2, -0.15) is 0 Å². The lowest BCUT2D eigenvalue weighted by Crippen LogP contribution is -2.43. The van der Waals surface area contributed by atoms with E-state index in [1.807, 2.05) is 0 Å². The van der Waals surface area contributed by atoms with Crippen LogP contribution in [0.5, 0.6) is 0 Å². The minimum absolute atomic E-state index is 0.400. The molecule has 0 spiro atoms. The van der Waals surface area contributed by atoms with Crippen molar-refractivity contribution in [1.29, 1.82) is 0 Å². The highest BCUT2D eigenvalue weighted by molar-refractivity contribution is 5.15. The fraction of sp³-hybridized carbons (Fsp3) is 0.625. The molecular weight excluding hydrogens is 220 g/mol. The third-order valence-electron chi connectivity index (χ3n) is 4.72. The summed E-state index contributed by atoms with van der Waals surface area (Å²) in [4.78, 5) is 2.63. The molecular formula is C16H24N2. The van der Waals surface area contributed by atoms with E-state index in [-0.39, 0.29) is 0 Å². The fourth-order valence-electron chi connectivity index (χ4n) is 3.85. The van der Waals surface area contributed by atoms with Crippen LogP contribution in [-0.2, 0) is 6.54 Å². The van der Waals surface area contributed by atoms with Gasteiger partial charge < -0.3 is 5.73 Å². The van der Waals surface area contributed by atoms with Crippen LogP contribution in [0.15, 0.2) is 30.3 Å². The molecule has 18 heavy (non-hydrogen) atoms. The minimum Gasteiger partial charge on any atom is -0.326 e. The average molecular weight is 244 g/mol. The molecule has 2 N–H and O–H groups in total. The molecule has 2 unspecified atom stereocenters. The van der Waals surface area contributed by atoms with Crippen molar-refractivity contribution in [3.8, 4) is 0 Å². The predicted molar refractivity (Wildman–Crippen MR) is 75.2 cm³/mol. The van der Waals surface area contributed by atoms with E-state index in [0.29, 0.717) is 12.1 Å². The molecule has 1 saturated heterocycles. The molecule has 2 nitrogen and oxygen atoms in total. The lowest BCUT2D eigenvalue weighted by Gasteiger charge is -2.31. The number of nitrogens with zero attached hydrogens (tertiary/aromatic N) is 1. The van der Waals surface area contributed by atoms with Gasteiger partial charge in [0.05, 0.1) is 0 Å². The molecule has 1 aromatic carbocycles. The number of nitrogens with two attached hydrogens (primary N) is 1. The van der Waals surface area contributed by atoms with Crippen molar-refractivity contribution < 1.29 is 0 Å². The fourth-order valence-corrected chi connectivity index (χ4v) is 3.85. The van der Waals surface area contributed by atoms with Gasteiger partial charge >= 0.3 is 0 Å². The van der Waals surface area contributed by atoms with Crippen LogP contribution in [0.3, 0.4) is 0 Å². The van der Waals surface area contributed by atoms with Gasteiger partial charge in [0.15, 0.2) is 0 Å². The van der Waals surface area contributed by atoms with Gasteiger partial charge in [0.1, 0.15) is 0 Å². The van der Waals surface area contributed by atoms with Crippen LogP contribution < -0.4 is 5.73 Å². The number of likely N-dealkylation sites (tertiary alicyclic amines) is 1. The zero-order valence-corrected chi connectivity index (χ0v) is 11.1. The molecule has 2 fully saturated rings. The van der Waals surface area contributed by atoms with E-state index in [9.17, 15) is 0 Å². The van der Waals surface area contributed by atoms with Crippen molar-refractivity contribution in [2.45, 2.75) is 50.7 Å². The summed E-state index contributed by atoms with van der Waals surface area (Å²) in [5.41, 5.74) is 7.79. The van der Waals surface area contributed by atoms with Crippen molar-refractivity contribution in [3.63, 3.8) is 0 Å². The minimum atomic E-state index is 0.400. The smallest absolute Gasteiger partial charge is 0.0279 e. The first-order valence-corrected chi connectivity index (χ1v) is 7.38. The highest BCUT2D eigenvalue weighted by Crippen LogP contribution is 2.35. The molecule has 3 rings (SSSR count). The summed E-state index contributed by atoms with van der Waals surface area (Å²) in [5, 5.41) is 0. The summed E-state index contributed by atoms with van der Waals surface area (Å²) >= 11 is 0. The lowest BCUT2D eigenvalue weighted by atomic mass is 9.93. The van der Waals surface area contributed by atoms with Gasteiger partial charge in [0, 0.05) is 25.2 Å². The first-order chi connectivity index (χ1) is 8.84. The van der Waals surface area contributed by atoms with Gasteiger partial charge in [0.2, 0.25) is 0 Å². The molecule has 0 bridgehead atoms. The molecule has 0 radical (unpaired) electrons. The standard InChI is InChI=1S/C16H24N2/c17-15-10-11-18(12-13-6-2-1-3-7-13)16(15)14-8-4-5-9-14/h1-3,6-7,14-16H,4-5,8-12,17H2. The van der Waals surface area contributed by atoms with Crippen LogP contribution in [0, 0.1) is 5.92 Å². The van der Waals surface area contributed by atoms with E-state index >= 15 is 0 Å². The molecule has 2 aliphatic rings. The van der Waals surface area contributed by atoms with E-state index in [0.717, 1.165) is 12.5 Å². The summed E-state index contributed by atoms with van der Waals surface area (Å²) in [6.07, 6.45) is 6.78. The van der Waals surface area contributed by atoms with Crippen molar-refractivity contribution in [2.75, 3.05) is 6.54 Å². The van der Waals surface area contributed by atoms with Gasteiger partial charge in [-0.25, -0.2) is 0 Å². The molecule has 1 aromatic rings. The maximum atomic E-state index is 6.36. The van der Waals surface area contributed by atoms with Crippen molar-refractivity contribution in [1.82, 2.24) is 4.90 Å². The number of benzene rings is 1. The molecule has 98 valence electrons. The zero-order chi connectivity index (χ0) is 12.4. The highest BCUT2D eigenvalue weighted by Gasteiger charge is 2.38. The Kier molecular flexibility index (Phi) is 3.67. The molecule has 1 aliphatic carbocycles. The second-order valence-corrected chi connectivity index (χ2v) is 5.94. The number of hydrogen-bond acceptors (Lipinski definition) is 2. The molecule has 1 heterocycles. The monoisotopic (exact) mass is 244 g/mol. The maximum absolute atomic E-state index is 6.36. The quantitative estimate of drug-likeness (QED) is 0.886. The first kappa shape index (κ1) is 12.2. The number of rotatable bonds is 3. The van der Waals surface area contributed by atoms with Crippen molar-refractivity contribution in [3.05, 3.63) is 35.9 Å². The van der Waals surface area contributed by atoms with Crippen molar-refractivity contribution in [2.24, 2.45) is 11.7 Å². The summed E-state index contributed by atoms with van der Waals surface area (Å²) in [7, 11) is 0. The van der Waals surface area contributed by atoms with Gasteiger partial charge in [-0.15, -0.1) is 0 Å². The summed E-state index contributed by atoms with van der Waals surface area (Å²) in [6.45, 7) is 2.26. The SMILES string of the molecule is NC1CCN(Cc2ccccc2)C1C1CCCC1. The Labute approximate surface area is 110 Å². The molecule has 1 saturated carbocycles. The number of hydrogen-bond donors (Lipinski definition) is 1. The Hall–Kier alpha value is -0.860. The van der Waals surface area contributed by atoms with Crippen molar-refractivity contribution >= 4 is 0 Å². The van der Waals surface area contributed by atoms with Crippen LogP contribution in [0.4, 0.5) is 0 Å². The van der Waals surface area contributed by atoms with Crippen LogP contribution >= 0.6 is 0 Å².